The maximum atomic E-state index is 12.2. The van der Waals surface area contributed by atoms with Crippen molar-refractivity contribution in [1.82, 2.24) is 0 Å². The Labute approximate surface area is 193 Å². The van der Waals surface area contributed by atoms with Crippen LogP contribution in [0.15, 0.2) is 103 Å². The van der Waals surface area contributed by atoms with Gasteiger partial charge in [0.1, 0.15) is 0 Å². The molecule has 5 rings (SSSR count). The first-order valence-corrected chi connectivity index (χ1v) is 10.8. The van der Waals surface area contributed by atoms with Crippen molar-refractivity contribution in [2.75, 3.05) is 0 Å². The van der Waals surface area contributed by atoms with Crippen molar-refractivity contribution in [3.05, 3.63) is 131 Å². The van der Waals surface area contributed by atoms with Gasteiger partial charge in [-0.2, -0.15) is 0 Å². The van der Waals surface area contributed by atoms with Crippen LogP contribution in [-0.2, 0) is 15.1 Å². The zero-order chi connectivity index (χ0) is 22.7. The molecule has 156 valence electrons. The van der Waals surface area contributed by atoms with E-state index in [0.717, 1.165) is 38.9 Å². The molecule has 0 fully saturated rings. The van der Waals surface area contributed by atoms with E-state index in [0.29, 0.717) is 0 Å². The molecule has 0 heterocycles. The van der Waals surface area contributed by atoms with E-state index in [1.165, 1.54) is 6.92 Å². The van der Waals surface area contributed by atoms with Crippen LogP contribution >= 0.6 is 0 Å². The summed E-state index contributed by atoms with van der Waals surface area (Å²) in [6, 6.07) is 33.5. The fourth-order valence-corrected chi connectivity index (χ4v) is 4.20. The van der Waals surface area contributed by atoms with E-state index in [2.05, 4.69) is 23.7 Å². The van der Waals surface area contributed by atoms with Crippen LogP contribution in [0.25, 0.3) is 11.1 Å². The Morgan fingerprint density at radius 1 is 0.636 bits per heavy atom. The fourth-order valence-electron chi connectivity index (χ4n) is 4.20. The Hall–Kier alpha value is -4.53. The minimum absolute atomic E-state index is 0.382. The monoisotopic (exact) mass is 424 g/mol. The fraction of sp³-hybridized carbons (Fsp3) is 0.0645. The van der Waals surface area contributed by atoms with E-state index in [1.54, 1.807) is 0 Å². The zero-order valence-corrected chi connectivity index (χ0v) is 18.1. The van der Waals surface area contributed by atoms with E-state index < -0.39 is 5.60 Å². The van der Waals surface area contributed by atoms with Crippen LogP contribution in [-0.4, -0.2) is 5.97 Å². The summed E-state index contributed by atoms with van der Waals surface area (Å²) >= 11 is 0. The summed E-state index contributed by atoms with van der Waals surface area (Å²) in [6.45, 7) is 1.42. The second kappa shape index (κ2) is 8.54. The standard InChI is InChI=1S/C31H20O2/c1-23(32)33-31(29-17-9-7-15-27(29)28-16-8-10-18-30(28)31)22-21-26-14-6-5-13-25(26)20-19-24-11-3-2-4-12-24/h2-18H,1H3. The lowest BCUT2D eigenvalue weighted by Crippen LogP contribution is -2.29. The topological polar surface area (TPSA) is 26.3 Å². The molecule has 0 bridgehead atoms. The number of carbonyl (C=O) groups excluding carboxylic acids is 1. The van der Waals surface area contributed by atoms with Crippen molar-refractivity contribution < 1.29 is 9.53 Å². The van der Waals surface area contributed by atoms with Gasteiger partial charge in [0.05, 0.1) is 0 Å². The smallest absolute Gasteiger partial charge is 0.304 e. The normalized spacial score (nSPS) is 12.3. The van der Waals surface area contributed by atoms with Crippen LogP contribution in [0.4, 0.5) is 0 Å². The molecule has 33 heavy (non-hydrogen) atoms. The van der Waals surface area contributed by atoms with Crippen LogP contribution < -0.4 is 0 Å². The zero-order valence-electron chi connectivity index (χ0n) is 18.1. The lowest BCUT2D eigenvalue weighted by Gasteiger charge is -2.25. The number of fused-ring (bicyclic) bond motifs is 3. The van der Waals surface area contributed by atoms with Crippen molar-refractivity contribution in [2.45, 2.75) is 12.5 Å². The van der Waals surface area contributed by atoms with E-state index >= 15 is 0 Å². The number of rotatable bonds is 1. The minimum atomic E-state index is -1.17. The van der Waals surface area contributed by atoms with E-state index in [1.807, 2.05) is 103 Å². The van der Waals surface area contributed by atoms with Gasteiger partial charge in [0.25, 0.3) is 0 Å². The highest BCUT2D eigenvalue weighted by atomic mass is 16.6. The molecular formula is C31H20O2. The van der Waals surface area contributed by atoms with Gasteiger partial charge in [0.2, 0.25) is 5.60 Å². The average Bonchev–Trinajstić information content (AvgIpc) is 3.12. The molecule has 0 saturated heterocycles. The van der Waals surface area contributed by atoms with Gasteiger partial charge in [-0.3, -0.25) is 4.79 Å². The molecule has 1 aliphatic rings. The van der Waals surface area contributed by atoms with Gasteiger partial charge in [0, 0.05) is 34.7 Å². The molecule has 2 nitrogen and oxygen atoms in total. The largest absolute Gasteiger partial charge is 0.437 e. The molecule has 0 amide bonds. The summed E-state index contributed by atoms with van der Waals surface area (Å²) in [5, 5.41) is 0. The van der Waals surface area contributed by atoms with E-state index in [-0.39, 0.29) is 5.97 Å². The molecule has 0 unspecified atom stereocenters. The van der Waals surface area contributed by atoms with Crippen LogP contribution in [0, 0.1) is 23.7 Å². The molecule has 2 heteroatoms. The first kappa shape index (κ1) is 20.4. The molecule has 0 aromatic heterocycles. The summed E-state index contributed by atoms with van der Waals surface area (Å²) in [5.74, 6) is 12.7. The maximum absolute atomic E-state index is 12.2. The van der Waals surface area contributed by atoms with Crippen molar-refractivity contribution >= 4 is 5.97 Å². The molecular weight excluding hydrogens is 404 g/mol. The van der Waals surface area contributed by atoms with Gasteiger partial charge in [-0.05, 0) is 41.3 Å². The van der Waals surface area contributed by atoms with Gasteiger partial charge in [-0.1, -0.05) is 96.6 Å². The molecule has 4 aromatic rings. The predicted octanol–water partition coefficient (Wildman–Crippen LogP) is 5.93. The van der Waals surface area contributed by atoms with Gasteiger partial charge in [-0.15, -0.1) is 0 Å². The average molecular weight is 424 g/mol. The third-order valence-electron chi connectivity index (χ3n) is 5.62. The second-order valence-corrected chi connectivity index (χ2v) is 7.78. The van der Waals surface area contributed by atoms with Gasteiger partial charge >= 0.3 is 5.97 Å². The van der Waals surface area contributed by atoms with E-state index in [4.69, 9.17) is 4.74 Å². The van der Waals surface area contributed by atoms with Crippen molar-refractivity contribution in [1.29, 1.82) is 0 Å². The Morgan fingerprint density at radius 3 is 1.76 bits per heavy atom. The Balaban J connectivity index is 1.66. The molecule has 4 aromatic carbocycles. The number of ether oxygens (including phenoxy) is 1. The third-order valence-corrected chi connectivity index (χ3v) is 5.62. The Morgan fingerprint density at radius 2 is 1.15 bits per heavy atom. The lowest BCUT2D eigenvalue weighted by molar-refractivity contribution is -0.149. The minimum Gasteiger partial charge on any atom is -0.437 e. The number of benzene rings is 4. The molecule has 0 aliphatic heterocycles. The SMILES string of the molecule is CC(=O)OC1(C#Cc2ccccc2C#Cc2ccccc2)c2ccccc2-c2ccccc21. The Kier molecular flexibility index (Phi) is 5.27. The Bertz CT molecular complexity index is 1430. The summed E-state index contributed by atoms with van der Waals surface area (Å²) in [4.78, 5) is 12.2. The maximum Gasteiger partial charge on any atom is 0.304 e. The molecule has 1 aliphatic carbocycles. The number of hydrogen-bond donors (Lipinski definition) is 0. The van der Waals surface area contributed by atoms with Gasteiger partial charge in [0.15, 0.2) is 0 Å². The van der Waals surface area contributed by atoms with Crippen LogP contribution in [0.5, 0.6) is 0 Å². The third kappa shape index (κ3) is 3.80. The van der Waals surface area contributed by atoms with Gasteiger partial charge in [-0.25, -0.2) is 0 Å². The molecule has 0 spiro atoms. The summed E-state index contributed by atoms with van der Waals surface area (Å²) in [6.07, 6.45) is 0. The highest BCUT2D eigenvalue weighted by molar-refractivity contribution is 5.84. The number of esters is 1. The van der Waals surface area contributed by atoms with Crippen molar-refractivity contribution in [3.8, 4) is 34.8 Å². The summed E-state index contributed by atoms with van der Waals surface area (Å²) in [5.41, 5.74) is 5.19. The predicted molar refractivity (Wildman–Crippen MR) is 130 cm³/mol. The molecule has 0 atom stereocenters. The first-order chi connectivity index (χ1) is 16.2. The van der Waals surface area contributed by atoms with Crippen LogP contribution in [0.1, 0.15) is 34.7 Å². The van der Waals surface area contributed by atoms with Gasteiger partial charge < -0.3 is 4.74 Å². The quantitative estimate of drug-likeness (QED) is 0.280. The van der Waals surface area contributed by atoms with Crippen LogP contribution in [0.3, 0.4) is 0 Å². The highest BCUT2D eigenvalue weighted by Crippen LogP contribution is 2.49. The van der Waals surface area contributed by atoms with Crippen LogP contribution in [0.2, 0.25) is 0 Å². The lowest BCUT2D eigenvalue weighted by atomic mass is 9.91. The number of hydrogen-bond acceptors (Lipinski definition) is 2. The highest BCUT2D eigenvalue weighted by Gasteiger charge is 2.45. The van der Waals surface area contributed by atoms with E-state index in [9.17, 15) is 4.79 Å². The van der Waals surface area contributed by atoms with Crippen molar-refractivity contribution in [2.24, 2.45) is 0 Å². The first-order valence-electron chi connectivity index (χ1n) is 10.8. The summed E-state index contributed by atoms with van der Waals surface area (Å²) < 4.78 is 5.99. The molecule has 0 N–H and O–H groups in total. The van der Waals surface area contributed by atoms with Crippen molar-refractivity contribution in [3.63, 3.8) is 0 Å². The molecule has 0 radical (unpaired) electrons. The molecule has 0 saturated carbocycles. The second-order valence-electron chi connectivity index (χ2n) is 7.78. The summed E-state index contributed by atoms with van der Waals surface area (Å²) in [7, 11) is 0. The number of carbonyl (C=O) groups is 1.